The lowest BCUT2D eigenvalue weighted by molar-refractivity contribution is -0.146. The minimum atomic E-state index is -0.983. The molecule has 1 aromatic rings. The number of nitrogens with zero attached hydrogens (tertiary/aromatic N) is 1. The molecule has 5 heteroatoms. The van der Waals surface area contributed by atoms with Crippen LogP contribution >= 0.6 is 0 Å². The zero-order chi connectivity index (χ0) is 14.6. The number of carboxylic acids is 1. The van der Waals surface area contributed by atoms with Gasteiger partial charge in [0.15, 0.2) is 0 Å². The molecule has 1 aromatic carbocycles. The second-order valence-electron chi connectivity index (χ2n) is 5.25. The standard InChI is InChI=1S/C14H20N2O3/c1-10-6-5-7-11(8-10)16(4)13(19)15-9-14(2,3)12(17)18/h5-8H,9H2,1-4H3,(H,15,19)(H,17,18). The lowest BCUT2D eigenvalue weighted by Crippen LogP contribution is -2.44. The Balaban J connectivity index is 2.66. The molecule has 5 nitrogen and oxygen atoms in total. The van der Waals surface area contributed by atoms with Crippen molar-refractivity contribution in [1.29, 1.82) is 0 Å². The summed E-state index contributed by atoms with van der Waals surface area (Å²) in [6.07, 6.45) is 0. The highest BCUT2D eigenvalue weighted by atomic mass is 16.4. The number of hydrogen-bond donors (Lipinski definition) is 2. The van der Waals surface area contributed by atoms with Gasteiger partial charge in [-0.05, 0) is 38.5 Å². The fourth-order valence-corrected chi connectivity index (χ4v) is 1.44. The van der Waals surface area contributed by atoms with Gasteiger partial charge in [-0.25, -0.2) is 4.79 Å². The number of hydrogen-bond acceptors (Lipinski definition) is 2. The molecule has 0 aromatic heterocycles. The van der Waals surface area contributed by atoms with E-state index in [1.165, 1.54) is 4.90 Å². The molecule has 0 spiro atoms. The Labute approximate surface area is 113 Å². The molecule has 0 unspecified atom stereocenters. The van der Waals surface area contributed by atoms with Crippen LogP contribution in [0.5, 0.6) is 0 Å². The van der Waals surface area contributed by atoms with Crippen molar-refractivity contribution in [3.63, 3.8) is 0 Å². The van der Waals surface area contributed by atoms with E-state index in [0.29, 0.717) is 0 Å². The van der Waals surface area contributed by atoms with Crippen molar-refractivity contribution >= 4 is 17.7 Å². The lowest BCUT2D eigenvalue weighted by Gasteiger charge is -2.23. The first-order valence-electron chi connectivity index (χ1n) is 6.05. The SMILES string of the molecule is Cc1cccc(N(C)C(=O)NCC(C)(C)C(=O)O)c1. The maximum Gasteiger partial charge on any atom is 0.321 e. The van der Waals surface area contributed by atoms with E-state index >= 15 is 0 Å². The predicted molar refractivity (Wildman–Crippen MR) is 74.4 cm³/mol. The summed E-state index contributed by atoms with van der Waals surface area (Å²) in [5.41, 5.74) is 0.844. The molecule has 0 saturated heterocycles. The van der Waals surface area contributed by atoms with Crippen molar-refractivity contribution in [3.05, 3.63) is 29.8 Å². The molecule has 2 amide bonds. The van der Waals surface area contributed by atoms with Crippen molar-refractivity contribution in [3.8, 4) is 0 Å². The van der Waals surface area contributed by atoms with Crippen molar-refractivity contribution in [2.75, 3.05) is 18.5 Å². The third-order valence-corrected chi connectivity index (χ3v) is 2.95. The Morgan fingerprint density at radius 2 is 2.00 bits per heavy atom. The van der Waals surface area contributed by atoms with Gasteiger partial charge in [-0.2, -0.15) is 0 Å². The Hall–Kier alpha value is -2.04. The number of urea groups is 1. The van der Waals surface area contributed by atoms with Crippen molar-refractivity contribution in [2.24, 2.45) is 5.41 Å². The summed E-state index contributed by atoms with van der Waals surface area (Å²) in [5.74, 6) is -0.939. The molecule has 2 N–H and O–H groups in total. The van der Waals surface area contributed by atoms with Gasteiger partial charge < -0.3 is 10.4 Å². The van der Waals surface area contributed by atoms with Crippen LogP contribution in [0.4, 0.5) is 10.5 Å². The number of anilines is 1. The van der Waals surface area contributed by atoms with E-state index in [2.05, 4.69) is 5.32 Å². The molecule has 104 valence electrons. The third-order valence-electron chi connectivity index (χ3n) is 2.95. The van der Waals surface area contributed by atoms with Gasteiger partial charge in [0, 0.05) is 19.3 Å². The van der Waals surface area contributed by atoms with Gasteiger partial charge >= 0.3 is 12.0 Å². The Bertz CT molecular complexity index is 483. The fourth-order valence-electron chi connectivity index (χ4n) is 1.44. The van der Waals surface area contributed by atoms with Gasteiger partial charge in [-0.3, -0.25) is 9.69 Å². The smallest absolute Gasteiger partial charge is 0.321 e. The van der Waals surface area contributed by atoms with Crippen LogP contribution < -0.4 is 10.2 Å². The molecule has 0 radical (unpaired) electrons. The molecule has 19 heavy (non-hydrogen) atoms. The summed E-state index contributed by atoms with van der Waals surface area (Å²) < 4.78 is 0. The first kappa shape index (κ1) is 15.0. The molecular weight excluding hydrogens is 244 g/mol. The maximum atomic E-state index is 11.9. The molecule has 0 aliphatic heterocycles. The van der Waals surface area contributed by atoms with Gasteiger partial charge in [-0.1, -0.05) is 12.1 Å². The Kier molecular flexibility index (Phi) is 4.53. The highest BCUT2D eigenvalue weighted by Gasteiger charge is 2.28. The fraction of sp³-hybridized carbons (Fsp3) is 0.429. The predicted octanol–water partition coefficient (Wildman–Crippen LogP) is 2.25. The summed E-state index contributed by atoms with van der Waals surface area (Å²) in [7, 11) is 1.65. The maximum absolute atomic E-state index is 11.9. The molecule has 0 aliphatic carbocycles. The highest BCUT2D eigenvalue weighted by molar-refractivity contribution is 5.91. The van der Waals surface area contributed by atoms with Crippen LogP contribution in [0.25, 0.3) is 0 Å². The second-order valence-corrected chi connectivity index (χ2v) is 5.25. The molecule has 0 heterocycles. The van der Waals surface area contributed by atoms with Crippen LogP contribution in [0.2, 0.25) is 0 Å². The number of carboxylic acid groups (broad SMARTS) is 1. The number of benzene rings is 1. The van der Waals surface area contributed by atoms with Crippen LogP contribution in [0, 0.1) is 12.3 Å². The number of rotatable bonds is 4. The van der Waals surface area contributed by atoms with Gasteiger partial charge in [0.1, 0.15) is 0 Å². The summed E-state index contributed by atoms with van der Waals surface area (Å²) in [6, 6.07) is 7.22. The van der Waals surface area contributed by atoms with Gasteiger partial charge in [0.2, 0.25) is 0 Å². The van der Waals surface area contributed by atoms with Crippen LogP contribution in [0.1, 0.15) is 19.4 Å². The minimum Gasteiger partial charge on any atom is -0.481 e. The number of amides is 2. The average molecular weight is 264 g/mol. The molecule has 0 fully saturated rings. The Morgan fingerprint density at radius 1 is 1.37 bits per heavy atom. The molecule has 0 aliphatic rings. The number of aryl methyl sites for hydroxylation is 1. The highest BCUT2D eigenvalue weighted by Crippen LogP contribution is 2.16. The van der Waals surface area contributed by atoms with Crippen LogP contribution in [-0.2, 0) is 4.79 Å². The van der Waals surface area contributed by atoms with Gasteiger partial charge in [0.25, 0.3) is 0 Å². The van der Waals surface area contributed by atoms with E-state index in [4.69, 9.17) is 5.11 Å². The molecule has 0 atom stereocenters. The summed E-state index contributed by atoms with van der Waals surface area (Å²) in [5, 5.41) is 11.6. The average Bonchev–Trinajstić information content (AvgIpc) is 2.35. The van der Waals surface area contributed by atoms with Crippen LogP contribution in [0.3, 0.4) is 0 Å². The largest absolute Gasteiger partial charge is 0.481 e. The zero-order valence-corrected chi connectivity index (χ0v) is 11.7. The van der Waals surface area contributed by atoms with Gasteiger partial charge in [-0.15, -0.1) is 0 Å². The van der Waals surface area contributed by atoms with Crippen molar-refractivity contribution in [1.82, 2.24) is 5.32 Å². The zero-order valence-electron chi connectivity index (χ0n) is 11.7. The number of carbonyl (C=O) groups excluding carboxylic acids is 1. The van der Waals surface area contributed by atoms with Crippen LogP contribution in [0.15, 0.2) is 24.3 Å². The van der Waals surface area contributed by atoms with E-state index in [1.54, 1.807) is 20.9 Å². The van der Waals surface area contributed by atoms with E-state index in [-0.39, 0.29) is 12.6 Å². The number of aliphatic carboxylic acids is 1. The van der Waals surface area contributed by atoms with E-state index in [0.717, 1.165) is 11.3 Å². The molecule has 0 saturated carbocycles. The molecule has 0 bridgehead atoms. The second kappa shape index (κ2) is 5.73. The number of nitrogens with one attached hydrogen (secondary N) is 1. The monoisotopic (exact) mass is 264 g/mol. The van der Waals surface area contributed by atoms with Crippen molar-refractivity contribution in [2.45, 2.75) is 20.8 Å². The van der Waals surface area contributed by atoms with Crippen LogP contribution in [-0.4, -0.2) is 30.7 Å². The normalized spacial score (nSPS) is 10.9. The molecule has 1 rings (SSSR count). The van der Waals surface area contributed by atoms with Gasteiger partial charge in [0.05, 0.1) is 5.41 Å². The number of carbonyl (C=O) groups is 2. The van der Waals surface area contributed by atoms with E-state index in [1.807, 2.05) is 31.2 Å². The van der Waals surface area contributed by atoms with Crippen molar-refractivity contribution < 1.29 is 14.7 Å². The first-order valence-corrected chi connectivity index (χ1v) is 6.05. The lowest BCUT2D eigenvalue weighted by atomic mass is 9.94. The summed E-state index contributed by atoms with van der Waals surface area (Å²) >= 11 is 0. The van der Waals surface area contributed by atoms with E-state index in [9.17, 15) is 9.59 Å². The third kappa shape index (κ3) is 3.98. The molecular formula is C14H20N2O3. The quantitative estimate of drug-likeness (QED) is 0.876. The minimum absolute atomic E-state index is 0.0807. The summed E-state index contributed by atoms with van der Waals surface area (Å²) in [6.45, 7) is 5.17. The Morgan fingerprint density at radius 3 is 2.53 bits per heavy atom. The van der Waals surface area contributed by atoms with E-state index < -0.39 is 11.4 Å². The topological polar surface area (TPSA) is 69.6 Å². The summed E-state index contributed by atoms with van der Waals surface area (Å²) in [4.78, 5) is 24.4. The first-order chi connectivity index (χ1) is 8.74.